The van der Waals surface area contributed by atoms with Crippen LogP contribution in [-0.2, 0) is 19.5 Å². The Morgan fingerprint density at radius 3 is 2.15 bits per heavy atom. The van der Waals surface area contributed by atoms with Gasteiger partial charge in [-0.15, -0.1) is 0 Å². The van der Waals surface area contributed by atoms with Gasteiger partial charge < -0.3 is 14.8 Å². The van der Waals surface area contributed by atoms with Crippen LogP contribution in [0.15, 0.2) is 0 Å². The largest absolute Gasteiger partial charge is 0.383 e. The molecule has 0 aromatic heterocycles. The highest BCUT2D eigenvalue weighted by atomic mass is 32.2. The molecule has 0 unspecified atom stereocenters. The minimum atomic E-state index is -3.21. The molecule has 0 spiro atoms. The number of nitrogens with zero attached hydrogens (tertiary/aromatic N) is 1. The fourth-order valence-corrected chi connectivity index (χ4v) is 3.99. The summed E-state index contributed by atoms with van der Waals surface area (Å²) in [5.74, 6) is 0.753. The first-order valence-electron chi connectivity index (χ1n) is 7.26. The van der Waals surface area contributed by atoms with Gasteiger partial charge in [-0.3, -0.25) is 0 Å². The normalized spacial score (nSPS) is 17.8. The third kappa shape index (κ3) is 6.49. The minimum Gasteiger partial charge on any atom is -0.383 e. The molecular formula is C13H28N2O4S. The summed E-state index contributed by atoms with van der Waals surface area (Å²) in [6.07, 6.45) is 2.90. The molecule has 0 aromatic rings. The van der Waals surface area contributed by atoms with Crippen molar-refractivity contribution in [2.24, 2.45) is 5.92 Å². The van der Waals surface area contributed by atoms with Crippen molar-refractivity contribution in [3.63, 3.8) is 0 Å². The zero-order valence-corrected chi connectivity index (χ0v) is 13.5. The number of methoxy groups -OCH3 is 2. The number of hydrogen-bond donors (Lipinski definition) is 1. The third-order valence-corrected chi connectivity index (χ3v) is 5.63. The van der Waals surface area contributed by atoms with Gasteiger partial charge in [-0.05, 0) is 38.3 Å². The van der Waals surface area contributed by atoms with E-state index in [9.17, 15) is 8.42 Å². The highest BCUT2D eigenvalue weighted by molar-refractivity contribution is 7.89. The molecule has 120 valence electrons. The lowest BCUT2D eigenvalue weighted by Gasteiger charge is -2.25. The van der Waals surface area contributed by atoms with Crippen LogP contribution >= 0.6 is 0 Å². The standard InChI is InChI=1S/C13H28N2O4S/c1-18-10-8-15(9-11-19-2)20(16,17)12-5-13-3-6-14-7-4-13/h13-14H,3-12H2,1-2H3. The predicted molar refractivity (Wildman–Crippen MR) is 79.3 cm³/mol. The SMILES string of the molecule is COCCN(CCOC)S(=O)(=O)CCC1CCNCC1. The van der Waals surface area contributed by atoms with Crippen LogP contribution in [0.2, 0.25) is 0 Å². The Morgan fingerprint density at radius 1 is 1.10 bits per heavy atom. The number of rotatable bonds is 10. The van der Waals surface area contributed by atoms with Gasteiger partial charge in [0.25, 0.3) is 0 Å². The maximum absolute atomic E-state index is 12.4. The Labute approximate surface area is 122 Å². The molecule has 6 nitrogen and oxygen atoms in total. The van der Waals surface area contributed by atoms with Crippen molar-refractivity contribution < 1.29 is 17.9 Å². The van der Waals surface area contributed by atoms with Crippen LogP contribution in [0, 0.1) is 5.92 Å². The van der Waals surface area contributed by atoms with Crippen molar-refractivity contribution in [2.75, 3.05) is 59.4 Å². The summed E-state index contributed by atoms with van der Waals surface area (Å²) in [7, 11) is -0.0543. The van der Waals surface area contributed by atoms with Crippen LogP contribution < -0.4 is 5.32 Å². The Kier molecular flexibility index (Phi) is 8.63. The minimum absolute atomic E-state index is 0.227. The van der Waals surface area contributed by atoms with E-state index in [0.717, 1.165) is 32.4 Å². The zero-order chi connectivity index (χ0) is 14.8. The Bertz CT molecular complexity index is 334. The van der Waals surface area contributed by atoms with E-state index < -0.39 is 10.0 Å². The average molecular weight is 308 g/mol. The second-order valence-electron chi connectivity index (χ2n) is 5.18. The Balaban J connectivity index is 2.47. The number of ether oxygens (including phenoxy) is 2. The second kappa shape index (κ2) is 9.68. The lowest BCUT2D eigenvalue weighted by atomic mass is 9.96. The van der Waals surface area contributed by atoms with E-state index in [-0.39, 0.29) is 5.75 Å². The molecule has 0 aromatic carbocycles. The van der Waals surface area contributed by atoms with Crippen LogP contribution in [0.25, 0.3) is 0 Å². The maximum Gasteiger partial charge on any atom is 0.214 e. The van der Waals surface area contributed by atoms with Crippen molar-refractivity contribution in [1.82, 2.24) is 9.62 Å². The number of sulfonamides is 1. The second-order valence-corrected chi connectivity index (χ2v) is 7.27. The van der Waals surface area contributed by atoms with Crippen molar-refractivity contribution in [2.45, 2.75) is 19.3 Å². The Morgan fingerprint density at radius 2 is 1.65 bits per heavy atom. The topological polar surface area (TPSA) is 67.9 Å². The molecule has 0 aliphatic carbocycles. The van der Waals surface area contributed by atoms with Crippen LogP contribution in [0.5, 0.6) is 0 Å². The zero-order valence-electron chi connectivity index (χ0n) is 12.6. The summed E-state index contributed by atoms with van der Waals surface area (Å²) >= 11 is 0. The van der Waals surface area contributed by atoms with Gasteiger partial charge in [0.05, 0.1) is 19.0 Å². The first-order chi connectivity index (χ1) is 9.60. The molecule has 1 heterocycles. The molecule has 7 heteroatoms. The van der Waals surface area contributed by atoms with Crippen LogP contribution in [0.3, 0.4) is 0 Å². The van der Waals surface area contributed by atoms with Gasteiger partial charge >= 0.3 is 0 Å². The average Bonchev–Trinajstić information content (AvgIpc) is 2.46. The van der Waals surface area contributed by atoms with Crippen molar-refractivity contribution >= 4 is 10.0 Å². The summed E-state index contributed by atoms with van der Waals surface area (Å²) in [4.78, 5) is 0. The highest BCUT2D eigenvalue weighted by Gasteiger charge is 2.23. The third-order valence-electron chi connectivity index (χ3n) is 3.73. The molecule has 1 rings (SSSR count). The first-order valence-corrected chi connectivity index (χ1v) is 8.87. The van der Waals surface area contributed by atoms with Crippen molar-refractivity contribution in [1.29, 1.82) is 0 Å². The van der Waals surface area contributed by atoms with Gasteiger partial charge in [-0.1, -0.05) is 0 Å². The first kappa shape index (κ1) is 17.8. The van der Waals surface area contributed by atoms with E-state index in [1.807, 2.05) is 0 Å². The number of hydrogen-bond acceptors (Lipinski definition) is 5. The molecule has 0 amide bonds. The highest BCUT2D eigenvalue weighted by Crippen LogP contribution is 2.17. The number of piperidine rings is 1. The van der Waals surface area contributed by atoms with Gasteiger partial charge in [-0.2, -0.15) is 4.31 Å². The monoisotopic (exact) mass is 308 g/mol. The molecular weight excluding hydrogens is 280 g/mol. The van der Waals surface area contributed by atoms with Gasteiger partial charge in [0, 0.05) is 27.3 Å². The molecule has 1 aliphatic rings. The van der Waals surface area contributed by atoms with Crippen molar-refractivity contribution in [3.05, 3.63) is 0 Å². The molecule has 0 saturated carbocycles. The van der Waals surface area contributed by atoms with Crippen molar-refractivity contribution in [3.8, 4) is 0 Å². The maximum atomic E-state index is 12.4. The van der Waals surface area contributed by atoms with E-state index in [0.29, 0.717) is 32.2 Å². The predicted octanol–water partition coefficient (Wildman–Crippen LogP) is 0.301. The van der Waals surface area contributed by atoms with Gasteiger partial charge in [0.15, 0.2) is 0 Å². The summed E-state index contributed by atoms with van der Waals surface area (Å²) in [6.45, 7) is 3.62. The molecule has 0 atom stereocenters. The smallest absolute Gasteiger partial charge is 0.214 e. The van der Waals surface area contributed by atoms with Gasteiger partial charge in [-0.25, -0.2) is 8.42 Å². The molecule has 1 N–H and O–H groups in total. The summed E-state index contributed by atoms with van der Waals surface area (Å²) in [5.41, 5.74) is 0. The van der Waals surface area contributed by atoms with E-state index in [1.54, 1.807) is 14.2 Å². The summed E-state index contributed by atoms with van der Waals surface area (Å²) in [6, 6.07) is 0. The fourth-order valence-electron chi connectivity index (χ4n) is 2.39. The molecule has 1 fully saturated rings. The van der Waals surface area contributed by atoms with Gasteiger partial charge in [0.1, 0.15) is 0 Å². The molecule has 1 aliphatic heterocycles. The lowest BCUT2D eigenvalue weighted by molar-refractivity contribution is 0.150. The van der Waals surface area contributed by atoms with Crippen LogP contribution in [0.4, 0.5) is 0 Å². The van der Waals surface area contributed by atoms with E-state index >= 15 is 0 Å². The quantitative estimate of drug-likeness (QED) is 0.629. The summed E-state index contributed by atoms with van der Waals surface area (Å²) < 4.78 is 36.2. The van der Waals surface area contributed by atoms with E-state index in [4.69, 9.17) is 9.47 Å². The molecule has 0 radical (unpaired) electrons. The van der Waals surface area contributed by atoms with E-state index in [2.05, 4.69) is 5.32 Å². The van der Waals surface area contributed by atoms with Crippen LogP contribution in [-0.4, -0.2) is 72.1 Å². The van der Waals surface area contributed by atoms with Gasteiger partial charge in [0.2, 0.25) is 10.0 Å². The molecule has 1 saturated heterocycles. The molecule has 0 bridgehead atoms. The van der Waals surface area contributed by atoms with Crippen LogP contribution in [0.1, 0.15) is 19.3 Å². The fraction of sp³-hybridized carbons (Fsp3) is 1.00. The lowest BCUT2D eigenvalue weighted by Crippen LogP contribution is -2.38. The van der Waals surface area contributed by atoms with E-state index in [1.165, 1.54) is 4.31 Å². The Hall–Kier alpha value is -0.210. The summed E-state index contributed by atoms with van der Waals surface area (Å²) in [5, 5.41) is 3.30. The number of nitrogens with one attached hydrogen (secondary N) is 1. The molecule has 20 heavy (non-hydrogen) atoms.